The van der Waals surface area contributed by atoms with Crippen molar-refractivity contribution in [3.63, 3.8) is 0 Å². The van der Waals surface area contributed by atoms with Crippen molar-refractivity contribution in [2.45, 2.75) is 30.7 Å². The van der Waals surface area contributed by atoms with E-state index in [4.69, 9.17) is 10.8 Å². The first kappa shape index (κ1) is 14.6. The molecule has 15 heavy (non-hydrogen) atoms. The van der Waals surface area contributed by atoms with Crippen LogP contribution in [-0.2, 0) is 9.59 Å². The highest BCUT2D eigenvalue weighted by atomic mass is 32.1. The zero-order valence-electron chi connectivity index (χ0n) is 8.60. The van der Waals surface area contributed by atoms with Gasteiger partial charge in [-0.25, -0.2) is 4.79 Å². The number of carboxylic acid groups (broad SMARTS) is 1. The molecule has 0 heterocycles. The Balaban J connectivity index is 4.42. The van der Waals surface area contributed by atoms with Crippen LogP contribution in [-0.4, -0.2) is 39.6 Å². The van der Waals surface area contributed by atoms with E-state index in [1.54, 1.807) is 13.8 Å². The first-order valence-electron chi connectivity index (χ1n) is 4.32. The highest BCUT2D eigenvalue weighted by molar-refractivity contribution is 7.81. The summed E-state index contributed by atoms with van der Waals surface area (Å²) in [7, 11) is 0. The van der Waals surface area contributed by atoms with Gasteiger partial charge in [0.25, 0.3) is 0 Å². The van der Waals surface area contributed by atoms with E-state index in [0.29, 0.717) is 0 Å². The van der Waals surface area contributed by atoms with E-state index < -0.39 is 28.7 Å². The summed E-state index contributed by atoms with van der Waals surface area (Å²) in [6.45, 7) is 3.35. The van der Waals surface area contributed by atoms with Crippen molar-refractivity contribution in [1.29, 1.82) is 0 Å². The molecule has 5 nitrogen and oxygen atoms in total. The molecule has 0 saturated heterocycles. The van der Waals surface area contributed by atoms with E-state index in [-0.39, 0.29) is 5.75 Å². The number of carboxylic acids is 1. The monoisotopic (exact) mass is 252 g/mol. The smallest absolute Gasteiger partial charge is 0.327 e. The van der Waals surface area contributed by atoms with Crippen molar-refractivity contribution in [1.82, 2.24) is 5.32 Å². The average molecular weight is 252 g/mol. The zero-order chi connectivity index (χ0) is 12.2. The Morgan fingerprint density at radius 3 is 2.27 bits per heavy atom. The van der Waals surface area contributed by atoms with Crippen LogP contribution < -0.4 is 11.1 Å². The Morgan fingerprint density at radius 2 is 2.00 bits per heavy atom. The van der Waals surface area contributed by atoms with E-state index >= 15 is 0 Å². The summed E-state index contributed by atoms with van der Waals surface area (Å²) in [4.78, 5) is 22.1. The molecule has 0 aromatic heterocycles. The highest BCUT2D eigenvalue weighted by Crippen LogP contribution is 2.15. The lowest BCUT2D eigenvalue weighted by Crippen LogP contribution is -2.55. The molecule has 0 rings (SSSR count). The van der Waals surface area contributed by atoms with Crippen LogP contribution in [0, 0.1) is 0 Å². The van der Waals surface area contributed by atoms with Gasteiger partial charge < -0.3 is 16.2 Å². The van der Waals surface area contributed by atoms with E-state index in [2.05, 4.69) is 30.6 Å². The summed E-state index contributed by atoms with van der Waals surface area (Å²) >= 11 is 7.96. The summed E-state index contributed by atoms with van der Waals surface area (Å²) in [5.74, 6) is -1.67. The van der Waals surface area contributed by atoms with Crippen LogP contribution in [0.4, 0.5) is 0 Å². The molecule has 0 aromatic carbocycles. The third-order valence-corrected chi connectivity index (χ3v) is 2.48. The van der Waals surface area contributed by atoms with Crippen LogP contribution in [0.3, 0.4) is 0 Å². The molecule has 1 amide bonds. The lowest BCUT2D eigenvalue weighted by molar-refractivity contribution is -0.141. The number of rotatable bonds is 5. The molecule has 4 N–H and O–H groups in total. The van der Waals surface area contributed by atoms with Crippen molar-refractivity contribution in [2.24, 2.45) is 5.73 Å². The van der Waals surface area contributed by atoms with E-state index in [0.717, 1.165) is 0 Å². The van der Waals surface area contributed by atoms with Crippen molar-refractivity contribution in [3.8, 4) is 0 Å². The van der Waals surface area contributed by atoms with Crippen molar-refractivity contribution in [3.05, 3.63) is 0 Å². The van der Waals surface area contributed by atoms with Crippen LogP contribution in [0.15, 0.2) is 0 Å². The lowest BCUT2D eigenvalue weighted by atomic mass is 10.0. The fourth-order valence-corrected chi connectivity index (χ4v) is 1.13. The SMILES string of the molecule is CC(C)(S)[C@H](N)C(=O)N[C@@H](CS)C(=O)O. The molecule has 2 atom stereocenters. The second-order valence-electron chi connectivity index (χ2n) is 3.71. The lowest BCUT2D eigenvalue weighted by Gasteiger charge is -2.26. The van der Waals surface area contributed by atoms with Crippen LogP contribution in [0.2, 0.25) is 0 Å². The average Bonchev–Trinajstić information content (AvgIpc) is 2.10. The number of hydrogen-bond donors (Lipinski definition) is 5. The summed E-state index contributed by atoms with van der Waals surface area (Å²) in [6, 6.07) is -1.90. The van der Waals surface area contributed by atoms with Gasteiger partial charge in [0.2, 0.25) is 5.91 Å². The predicted octanol–water partition coefficient (Wildman–Crippen LogP) is -0.479. The second-order valence-corrected chi connectivity index (χ2v) is 5.23. The van der Waals surface area contributed by atoms with Crippen molar-refractivity contribution < 1.29 is 14.7 Å². The maximum atomic E-state index is 11.5. The summed E-state index contributed by atoms with van der Waals surface area (Å²) in [5, 5.41) is 11.0. The quantitative estimate of drug-likeness (QED) is 0.427. The van der Waals surface area contributed by atoms with Gasteiger partial charge >= 0.3 is 5.97 Å². The van der Waals surface area contributed by atoms with Gasteiger partial charge in [-0.1, -0.05) is 0 Å². The van der Waals surface area contributed by atoms with Gasteiger partial charge in [-0.2, -0.15) is 25.3 Å². The molecule has 0 saturated carbocycles. The number of hydrogen-bond acceptors (Lipinski definition) is 5. The predicted molar refractivity (Wildman–Crippen MR) is 64.5 cm³/mol. The number of nitrogens with one attached hydrogen (secondary N) is 1. The van der Waals surface area contributed by atoms with E-state index in [1.165, 1.54) is 0 Å². The summed E-state index contributed by atoms with van der Waals surface area (Å²) in [5.41, 5.74) is 5.59. The van der Waals surface area contributed by atoms with Gasteiger partial charge in [-0.05, 0) is 13.8 Å². The maximum Gasteiger partial charge on any atom is 0.327 e. The minimum absolute atomic E-state index is 0.0147. The van der Waals surface area contributed by atoms with Crippen LogP contribution >= 0.6 is 25.3 Å². The topological polar surface area (TPSA) is 92.4 Å². The molecular weight excluding hydrogens is 236 g/mol. The second kappa shape index (κ2) is 5.62. The largest absolute Gasteiger partial charge is 0.480 e. The number of thiol groups is 2. The first-order chi connectivity index (χ1) is 6.70. The standard InChI is InChI=1S/C8H16N2O3S2/c1-8(2,15)5(9)6(11)10-4(3-14)7(12)13/h4-5,14-15H,3,9H2,1-2H3,(H,10,11)(H,12,13)/t4-,5+/m0/s1. The van der Waals surface area contributed by atoms with E-state index in [9.17, 15) is 9.59 Å². The fraction of sp³-hybridized carbons (Fsp3) is 0.750. The Bertz CT molecular complexity index is 253. The molecule has 7 heteroatoms. The third kappa shape index (κ3) is 4.76. The third-order valence-electron chi connectivity index (χ3n) is 1.84. The summed E-state index contributed by atoms with van der Waals surface area (Å²) in [6.07, 6.45) is 0. The van der Waals surface area contributed by atoms with Gasteiger partial charge in [-0.15, -0.1) is 0 Å². The number of carbonyl (C=O) groups excluding carboxylic acids is 1. The molecule has 0 radical (unpaired) electrons. The molecule has 88 valence electrons. The Kier molecular flexibility index (Phi) is 5.47. The van der Waals surface area contributed by atoms with Gasteiger partial charge in [0, 0.05) is 10.5 Å². The van der Waals surface area contributed by atoms with Gasteiger partial charge in [-0.3, -0.25) is 4.79 Å². The zero-order valence-corrected chi connectivity index (χ0v) is 10.4. The molecular formula is C8H16N2O3S2. The Labute approximate surface area is 99.6 Å². The number of carbonyl (C=O) groups is 2. The number of amides is 1. The van der Waals surface area contributed by atoms with Crippen LogP contribution in [0.5, 0.6) is 0 Å². The van der Waals surface area contributed by atoms with Gasteiger partial charge in [0.1, 0.15) is 6.04 Å². The molecule has 0 aliphatic heterocycles. The minimum atomic E-state index is -1.14. The number of nitrogens with two attached hydrogens (primary N) is 1. The molecule has 0 aromatic rings. The molecule has 0 bridgehead atoms. The Morgan fingerprint density at radius 1 is 1.53 bits per heavy atom. The van der Waals surface area contributed by atoms with E-state index in [1.807, 2.05) is 0 Å². The fourth-order valence-electron chi connectivity index (χ4n) is 0.768. The van der Waals surface area contributed by atoms with Gasteiger partial charge in [0.05, 0.1) is 6.04 Å². The highest BCUT2D eigenvalue weighted by Gasteiger charge is 2.30. The number of aliphatic carboxylic acids is 1. The maximum absolute atomic E-state index is 11.5. The van der Waals surface area contributed by atoms with Crippen molar-refractivity contribution >= 4 is 37.1 Å². The first-order valence-corrected chi connectivity index (χ1v) is 5.40. The summed E-state index contributed by atoms with van der Waals surface area (Å²) < 4.78 is -0.705. The molecule has 0 unspecified atom stereocenters. The van der Waals surface area contributed by atoms with Crippen molar-refractivity contribution in [2.75, 3.05) is 5.75 Å². The Hall–Kier alpha value is -0.400. The van der Waals surface area contributed by atoms with Crippen LogP contribution in [0.25, 0.3) is 0 Å². The molecule has 0 aliphatic carbocycles. The molecule has 0 aliphatic rings. The minimum Gasteiger partial charge on any atom is -0.480 e. The molecule has 0 spiro atoms. The normalized spacial score (nSPS) is 15.5. The van der Waals surface area contributed by atoms with Crippen LogP contribution in [0.1, 0.15) is 13.8 Å². The van der Waals surface area contributed by atoms with Gasteiger partial charge in [0.15, 0.2) is 0 Å². The molecule has 0 fully saturated rings.